The molecule has 1 saturated heterocycles. The van der Waals surface area contributed by atoms with Crippen molar-refractivity contribution >= 4 is 50.9 Å². The maximum atomic E-state index is 12.2. The number of rotatable bonds is 9. The van der Waals surface area contributed by atoms with Crippen LogP contribution < -0.4 is 15.4 Å². The molecule has 0 bridgehead atoms. The zero-order chi connectivity index (χ0) is 21.4. The van der Waals surface area contributed by atoms with Crippen molar-refractivity contribution in [3.05, 3.63) is 35.5 Å². The Morgan fingerprint density at radius 2 is 2.00 bits per heavy atom. The molecule has 0 spiro atoms. The van der Waals surface area contributed by atoms with Crippen LogP contribution in [0.3, 0.4) is 0 Å². The third-order valence-electron chi connectivity index (χ3n) is 5.39. The average molecular weight is 564 g/mol. The van der Waals surface area contributed by atoms with Gasteiger partial charge in [0, 0.05) is 49.9 Å². The number of sulfonamides is 1. The molecule has 0 radical (unpaired) electrons. The fraction of sp³-hybridized carbons (Fsp3) is 0.571. The fourth-order valence-electron chi connectivity index (χ4n) is 3.75. The number of guanidine groups is 1. The third-order valence-corrected chi connectivity index (χ3v) is 6.73. The lowest BCUT2D eigenvalue weighted by molar-refractivity contribution is 0.0200. The molecule has 1 atom stereocenters. The minimum Gasteiger partial charge on any atom is -0.377 e. The zero-order valence-corrected chi connectivity index (χ0v) is 21.4. The van der Waals surface area contributed by atoms with Gasteiger partial charge in [-0.1, -0.05) is 18.2 Å². The highest BCUT2D eigenvalue weighted by Crippen LogP contribution is 2.21. The number of nitrogens with one attached hydrogen (secondary N) is 4. The van der Waals surface area contributed by atoms with E-state index in [-0.39, 0.29) is 42.4 Å². The smallest absolute Gasteiger partial charge is 0.213 e. The number of fused-ring (bicyclic) bond motifs is 1. The number of aryl methyl sites for hydroxylation is 1. The largest absolute Gasteiger partial charge is 0.377 e. The van der Waals surface area contributed by atoms with E-state index in [1.807, 2.05) is 12.1 Å². The van der Waals surface area contributed by atoms with Gasteiger partial charge in [-0.15, -0.1) is 24.0 Å². The first-order valence-corrected chi connectivity index (χ1v) is 12.2. The van der Waals surface area contributed by atoms with Gasteiger partial charge in [0.15, 0.2) is 5.96 Å². The predicted octanol–water partition coefficient (Wildman–Crippen LogP) is 2.29. The molecule has 0 aliphatic carbocycles. The van der Waals surface area contributed by atoms with E-state index in [0.29, 0.717) is 25.7 Å². The predicted molar refractivity (Wildman–Crippen MR) is 137 cm³/mol. The molecular weight excluding hydrogens is 529 g/mol. The van der Waals surface area contributed by atoms with Crippen molar-refractivity contribution < 1.29 is 13.2 Å². The number of benzene rings is 1. The molecule has 2 heterocycles. The number of aromatic nitrogens is 1. The number of hydrogen-bond donors (Lipinski definition) is 4. The summed E-state index contributed by atoms with van der Waals surface area (Å²) in [7, 11) is -1.67. The number of halogens is 1. The maximum Gasteiger partial charge on any atom is 0.213 e. The maximum absolute atomic E-state index is 12.2. The molecule has 1 aromatic carbocycles. The van der Waals surface area contributed by atoms with Gasteiger partial charge >= 0.3 is 0 Å². The number of ether oxygens (including phenoxy) is 1. The molecule has 31 heavy (non-hydrogen) atoms. The van der Waals surface area contributed by atoms with Crippen molar-refractivity contribution in [3.8, 4) is 0 Å². The summed E-state index contributed by atoms with van der Waals surface area (Å²) in [6, 6.07) is 8.27. The second kappa shape index (κ2) is 12.6. The molecule has 2 aromatic rings. The van der Waals surface area contributed by atoms with Crippen LogP contribution in [-0.2, 0) is 21.2 Å². The van der Waals surface area contributed by atoms with Gasteiger partial charge in [-0.05, 0) is 44.2 Å². The van der Waals surface area contributed by atoms with E-state index >= 15 is 0 Å². The van der Waals surface area contributed by atoms with Crippen molar-refractivity contribution in [1.29, 1.82) is 0 Å². The number of H-pyrrole nitrogens is 1. The number of nitrogens with zero attached hydrogens (tertiary/aromatic N) is 1. The Bertz CT molecular complexity index is 955. The summed E-state index contributed by atoms with van der Waals surface area (Å²) in [4.78, 5) is 7.59. The second-order valence-electron chi connectivity index (χ2n) is 7.61. The lowest BCUT2D eigenvalue weighted by atomic mass is 10.1. The van der Waals surface area contributed by atoms with Crippen LogP contribution in [0.15, 0.2) is 29.3 Å². The van der Waals surface area contributed by atoms with Crippen molar-refractivity contribution in [2.24, 2.45) is 4.99 Å². The third kappa shape index (κ3) is 7.92. The van der Waals surface area contributed by atoms with Gasteiger partial charge in [-0.3, -0.25) is 4.99 Å². The SMILES string of the molecule is CN=C(NCCc1c(C)[nH]c2ccccc12)NCCS(=O)(=O)NCC1CCCCO1.I. The zero-order valence-electron chi connectivity index (χ0n) is 18.2. The lowest BCUT2D eigenvalue weighted by Crippen LogP contribution is -2.43. The lowest BCUT2D eigenvalue weighted by Gasteiger charge is -2.22. The molecule has 1 aliphatic heterocycles. The molecule has 8 nitrogen and oxygen atoms in total. The van der Waals surface area contributed by atoms with Gasteiger partial charge in [-0.25, -0.2) is 13.1 Å². The molecule has 1 aromatic heterocycles. The van der Waals surface area contributed by atoms with Crippen LogP contribution in [-0.4, -0.2) is 64.5 Å². The molecule has 3 rings (SSSR count). The van der Waals surface area contributed by atoms with Crippen molar-refractivity contribution in [2.45, 2.75) is 38.7 Å². The molecule has 1 unspecified atom stereocenters. The summed E-state index contributed by atoms with van der Waals surface area (Å²) in [6.07, 6.45) is 3.89. The van der Waals surface area contributed by atoms with Gasteiger partial charge < -0.3 is 20.4 Å². The van der Waals surface area contributed by atoms with Gasteiger partial charge in [0.1, 0.15) is 0 Å². The minimum atomic E-state index is -3.35. The van der Waals surface area contributed by atoms with Crippen molar-refractivity contribution in [3.63, 3.8) is 0 Å². The molecule has 0 saturated carbocycles. The van der Waals surface area contributed by atoms with Crippen LogP contribution in [0.1, 0.15) is 30.5 Å². The summed E-state index contributed by atoms with van der Waals surface area (Å²) in [6.45, 7) is 4.13. The molecular formula is C21H34IN5O3S. The minimum absolute atomic E-state index is 0. The Morgan fingerprint density at radius 3 is 2.74 bits per heavy atom. The molecule has 1 fully saturated rings. The summed E-state index contributed by atoms with van der Waals surface area (Å²) < 4.78 is 32.6. The van der Waals surface area contributed by atoms with Crippen LogP contribution in [0.4, 0.5) is 0 Å². The van der Waals surface area contributed by atoms with Crippen LogP contribution in [0, 0.1) is 6.92 Å². The van der Waals surface area contributed by atoms with Gasteiger partial charge in [-0.2, -0.15) is 0 Å². The number of hydrogen-bond acceptors (Lipinski definition) is 4. The first kappa shape index (κ1) is 25.9. The quantitative estimate of drug-likeness (QED) is 0.213. The van der Waals surface area contributed by atoms with E-state index in [1.165, 1.54) is 16.6 Å². The van der Waals surface area contributed by atoms with Gasteiger partial charge in [0.2, 0.25) is 10.0 Å². The highest BCUT2D eigenvalue weighted by Gasteiger charge is 2.17. The summed E-state index contributed by atoms with van der Waals surface area (Å²) in [5, 5.41) is 7.57. The Labute approximate surface area is 202 Å². The second-order valence-corrected chi connectivity index (χ2v) is 9.53. The van der Waals surface area contributed by atoms with E-state index in [4.69, 9.17) is 4.74 Å². The molecule has 174 valence electrons. The highest BCUT2D eigenvalue weighted by atomic mass is 127. The van der Waals surface area contributed by atoms with Crippen molar-refractivity contribution in [2.75, 3.05) is 39.0 Å². The van der Waals surface area contributed by atoms with E-state index in [2.05, 4.69) is 44.4 Å². The van der Waals surface area contributed by atoms with Gasteiger partial charge in [0.05, 0.1) is 11.9 Å². The van der Waals surface area contributed by atoms with E-state index in [0.717, 1.165) is 31.2 Å². The van der Waals surface area contributed by atoms with E-state index in [9.17, 15) is 8.42 Å². The van der Waals surface area contributed by atoms with E-state index in [1.54, 1.807) is 7.05 Å². The van der Waals surface area contributed by atoms with Gasteiger partial charge in [0.25, 0.3) is 0 Å². The number of para-hydroxylation sites is 1. The Kier molecular flexibility index (Phi) is 10.5. The normalized spacial score (nSPS) is 17.4. The topological polar surface area (TPSA) is 108 Å². The highest BCUT2D eigenvalue weighted by molar-refractivity contribution is 14.0. The van der Waals surface area contributed by atoms with Crippen LogP contribution in [0.2, 0.25) is 0 Å². The standard InChI is InChI=1S/C21H33N5O3S.HI/c1-16-18(19-8-3-4-9-20(19)26-16)10-11-23-21(22-2)24-12-14-30(27,28)25-15-17-7-5-6-13-29-17;/h3-4,8-9,17,25-26H,5-7,10-15H2,1-2H3,(H2,22,23,24);1H. The van der Waals surface area contributed by atoms with Crippen molar-refractivity contribution in [1.82, 2.24) is 20.3 Å². The Morgan fingerprint density at radius 1 is 1.23 bits per heavy atom. The Hall–Kier alpha value is -1.37. The summed E-state index contributed by atoms with van der Waals surface area (Å²) >= 11 is 0. The van der Waals surface area contributed by atoms with Crippen LogP contribution >= 0.6 is 24.0 Å². The molecule has 0 amide bonds. The monoisotopic (exact) mass is 563 g/mol. The van der Waals surface area contributed by atoms with E-state index < -0.39 is 10.0 Å². The Balaban J connectivity index is 0.00000341. The molecule has 4 N–H and O–H groups in total. The number of aromatic amines is 1. The molecule has 1 aliphatic rings. The molecule has 10 heteroatoms. The summed E-state index contributed by atoms with van der Waals surface area (Å²) in [5.41, 5.74) is 3.59. The summed E-state index contributed by atoms with van der Waals surface area (Å²) in [5.74, 6) is 0.584. The number of aliphatic imine (C=N–C) groups is 1. The first-order valence-electron chi connectivity index (χ1n) is 10.6. The fourth-order valence-corrected chi connectivity index (χ4v) is 4.70. The van der Waals surface area contributed by atoms with Crippen LogP contribution in [0.25, 0.3) is 10.9 Å². The average Bonchev–Trinajstić information content (AvgIpc) is 3.07. The van der Waals surface area contributed by atoms with Crippen LogP contribution in [0.5, 0.6) is 0 Å². The first-order chi connectivity index (χ1) is 14.5.